The molecule has 0 fully saturated rings. The molecule has 184 valence electrons. The summed E-state index contributed by atoms with van der Waals surface area (Å²) in [5.74, 6) is -1.62. The number of benzene rings is 1. The van der Waals surface area contributed by atoms with Crippen LogP contribution >= 0.6 is 0 Å². The second-order valence-electron chi connectivity index (χ2n) is 8.05. The molecule has 2 rings (SSSR count). The lowest BCUT2D eigenvalue weighted by atomic mass is 10.1. The van der Waals surface area contributed by atoms with E-state index in [1.165, 1.54) is 24.3 Å². The molecule has 0 unspecified atom stereocenters. The summed E-state index contributed by atoms with van der Waals surface area (Å²) in [5, 5.41) is 2.80. The molecule has 1 heterocycles. The highest BCUT2D eigenvalue weighted by Crippen LogP contribution is 2.13. The topological polar surface area (TPSA) is 132 Å². The lowest BCUT2D eigenvalue weighted by molar-refractivity contribution is -0.123. The van der Waals surface area contributed by atoms with Crippen molar-refractivity contribution in [2.45, 2.75) is 58.0 Å². The van der Waals surface area contributed by atoms with Gasteiger partial charge < -0.3 is 10.1 Å². The summed E-state index contributed by atoms with van der Waals surface area (Å²) < 4.78 is 32.5. The van der Waals surface area contributed by atoms with Crippen molar-refractivity contribution in [2.75, 3.05) is 6.54 Å². The quantitative estimate of drug-likeness (QED) is 0.464. The summed E-state index contributed by atoms with van der Waals surface area (Å²) in [6, 6.07) is 8.68. The molecule has 0 spiro atoms. The molecule has 1 aromatic carbocycles. The van der Waals surface area contributed by atoms with E-state index in [1.54, 1.807) is 26.0 Å². The van der Waals surface area contributed by atoms with Gasteiger partial charge in [-0.25, -0.2) is 22.9 Å². The number of nitrogens with one attached hydrogen (secondary N) is 2. The summed E-state index contributed by atoms with van der Waals surface area (Å²) in [6.45, 7) is 7.86. The number of amides is 2. The number of nitrogens with zero attached hydrogens (tertiary/aromatic N) is 1. The largest absolute Gasteiger partial charge is 0.458 e. The van der Waals surface area contributed by atoms with E-state index in [0.717, 1.165) is 11.8 Å². The second-order valence-corrected chi connectivity index (χ2v) is 9.73. The average molecular weight is 490 g/mol. The van der Waals surface area contributed by atoms with E-state index >= 15 is 0 Å². The molecule has 0 saturated carbocycles. The number of aromatic nitrogens is 1. The minimum absolute atomic E-state index is 0.0137. The number of hydrogen-bond acceptors (Lipinski definition) is 7. The Labute approximate surface area is 200 Å². The molecule has 0 saturated heterocycles. The van der Waals surface area contributed by atoms with Crippen molar-refractivity contribution in [3.63, 3.8) is 0 Å². The Bertz CT molecular complexity index is 1090. The van der Waals surface area contributed by atoms with Gasteiger partial charge in [0.25, 0.3) is 15.9 Å². The minimum atomic E-state index is -4.11. The first-order valence-electron chi connectivity index (χ1n) is 11.2. The first-order chi connectivity index (χ1) is 16.1. The molecule has 1 aromatic heterocycles. The number of rotatable bonds is 11. The highest BCUT2D eigenvalue weighted by atomic mass is 32.2. The molecule has 0 aliphatic rings. The van der Waals surface area contributed by atoms with Crippen LogP contribution in [0.2, 0.25) is 0 Å². The number of hydrogen-bond donors (Lipinski definition) is 2. The lowest BCUT2D eigenvalue weighted by Crippen LogP contribution is -2.31. The Kier molecular flexibility index (Phi) is 9.73. The SMILES string of the molecule is CCC(CC)OC(=O)c1ccc(C(=O)NS(=O)(=O)c2ccc(CCNC(=O)C(C)C)cc2)cn1. The third kappa shape index (κ3) is 7.65. The maximum absolute atomic E-state index is 12.6. The number of sulfonamides is 1. The maximum atomic E-state index is 12.6. The molecule has 9 nitrogen and oxygen atoms in total. The van der Waals surface area contributed by atoms with Crippen LogP contribution in [0.3, 0.4) is 0 Å². The van der Waals surface area contributed by atoms with E-state index < -0.39 is 21.9 Å². The molecule has 2 aromatic rings. The summed E-state index contributed by atoms with van der Waals surface area (Å²) in [4.78, 5) is 40.0. The Morgan fingerprint density at radius 3 is 2.18 bits per heavy atom. The van der Waals surface area contributed by atoms with Crippen molar-refractivity contribution in [1.82, 2.24) is 15.0 Å². The molecule has 2 amide bonds. The normalized spacial score (nSPS) is 11.4. The van der Waals surface area contributed by atoms with Crippen LogP contribution < -0.4 is 10.0 Å². The Morgan fingerprint density at radius 2 is 1.65 bits per heavy atom. The van der Waals surface area contributed by atoms with Crippen molar-refractivity contribution < 1.29 is 27.5 Å². The van der Waals surface area contributed by atoms with E-state index in [2.05, 4.69) is 10.3 Å². The molecular formula is C24H31N3O6S. The molecule has 0 aliphatic heterocycles. The number of carbonyl (C=O) groups excluding carboxylic acids is 3. The van der Waals surface area contributed by atoms with Crippen molar-refractivity contribution >= 4 is 27.8 Å². The predicted molar refractivity (Wildman–Crippen MR) is 127 cm³/mol. The molecule has 0 bridgehead atoms. The monoisotopic (exact) mass is 489 g/mol. The maximum Gasteiger partial charge on any atom is 0.357 e. The van der Waals surface area contributed by atoms with Gasteiger partial charge in [-0.15, -0.1) is 0 Å². The number of carbonyl (C=O) groups is 3. The number of esters is 1. The zero-order valence-corrected chi connectivity index (χ0v) is 20.6. The predicted octanol–water partition coefficient (Wildman–Crippen LogP) is 2.86. The van der Waals surface area contributed by atoms with Gasteiger partial charge in [-0.05, 0) is 49.1 Å². The standard InChI is InChI=1S/C24H31N3O6S/c1-5-19(6-2)33-24(30)21-12-9-18(15-26-21)23(29)27-34(31,32)20-10-7-17(8-11-20)13-14-25-22(28)16(3)4/h7-12,15-16,19H,5-6,13-14H2,1-4H3,(H,25,28)(H,27,29). The molecule has 34 heavy (non-hydrogen) atoms. The summed E-state index contributed by atoms with van der Waals surface area (Å²) in [5.41, 5.74) is 0.862. The zero-order valence-electron chi connectivity index (χ0n) is 19.8. The van der Waals surface area contributed by atoms with Crippen LogP contribution in [0.5, 0.6) is 0 Å². The van der Waals surface area contributed by atoms with E-state index in [0.29, 0.717) is 25.8 Å². The van der Waals surface area contributed by atoms with E-state index in [4.69, 9.17) is 4.74 Å². The third-order valence-electron chi connectivity index (χ3n) is 5.12. The fourth-order valence-electron chi connectivity index (χ4n) is 2.93. The Hall–Kier alpha value is -3.27. The van der Waals surface area contributed by atoms with E-state index in [-0.39, 0.29) is 34.1 Å². The van der Waals surface area contributed by atoms with Gasteiger partial charge in [-0.2, -0.15) is 0 Å². The molecule has 0 atom stereocenters. The van der Waals surface area contributed by atoms with Gasteiger partial charge in [-0.3, -0.25) is 9.59 Å². The Morgan fingerprint density at radius 1 is 1.00 bits per heavy atom. The first kappa shape index (κ1) is 27.0. The first-order valence-corrected chi connectivity index (χ1v) is 12.7. The van der Waals surface area contributed by atoms with Crippen LogP contribution in [0.1, 0.15) is 66.9 Å². The fourth-order valence-corrected chi connectivity index (χ4v) is 3.90. The molecular weight excluding hydrogens is 458 g/mol. The van der Waals surface area contributed by atoms with Crippen molar-refractivity contribution in [3.05, 3.63) is 59.4 Å². The van der Waals surface area contributed by atoms with Crippen LogP contribution in [0.4, 0.5) is 0 Å². The third-order valence-corrected chi connectivity index (χ3v) is 6.46. The van der Waals surface area contributed by atoms with Gasteiger partial charge >= 0.3 is 5.97 Å². The number of ether oxygens (including phenoxy) is 1. The van der Waals surface area contributed by atoms with Crippen LogP contribution in [-0.2, 0) is 26.0 Å². The molecule has 0 radical (unpaired) electrons. The van der Waals surface area contributed by atoms with Gasteiger partial charge in [0.15, 0.2) is 0 Å². The minimum Gasteiger partial charge on any atom is -0.458 e. The summed E-state index contributed by atoms with van der Waals surface area (Å²) in [6.07, 6.45) is 2.81. The second kappa shape index (κ2) is 12.3. The highest BCUT2D eigenvalue weighted by Gasteiger charge is 2.20. The van der Waals surface area contributed by atoms with Crippen LogP contribution in [0.25, 0.3) is 0 Å². The molecule has 0 aliphatic carbocycles. The van der Waals surface area contributed by atoms with Gasteiger partial charge in [0, 0.05) is 18.7 Å². The van der Waals surface area contributed by atoms with E-state index in [1.807, 2.05) is 18.6 Å². The molecule has 2 N–H and O–H groups in total. The summed E-state index contributed by atoms with van der Waals surface area (Å²) in [7, 11) is -4.11. The Balaban J connectivity index is 1.98. The number of pyridine rings is 1. The van der Waals surface area contributed by atoms with Crippen molar-refractivity contribution in [1.29, 1.82) is 0 Å². The zero-order chi connectivity index (χ0) is 25.3. The van der Waals surface area contributed by atoms with Crippen molar-refractivity contribution in [3.8, 4) is 0 Å². The lowest BCUT2D eigenvalue weighted by Gasteiger charge is -2.13. The van der Waals surface area contributed by atoms with E-state index in [9.17, 15) is 22.8 Å². The molecule has 10 heteroatoms. The van der Waals surface area contributed by atoms with Crippen molar-refractivity contribution in [2.24, 2.45) is 5.92 Å². The van der Waals surface area contributed by atoms with Gasteiger partial charge in [-0.1, -0.05) is 39.8 Å². The van der Waals surface area contributed by atoms with Crippen LogP contribution in [-0.4, -0.2) is 43.8 Å². The fraction of sp³-hybridized carbons (Fsp3) is 0.417. The summed E-state index contributed by atoms with van der Waals surface area (Å²) >= 11 is 0. The highest BCUT2D eigenvalue weighted by molar-refractivity contribution is 7.90. The van der Waals surface area contributed by atoms with Gasteiger partial charge in [0.05, 0.1) is 10.5 Å². The van der Waals surface area contributed by atoms with Gasteiger partial charge in [0.1, 0.15) is 11.8 Å². The smallest absolute Gasteiger partial charge is 0.357 e. The van der Waals surface area contributed by atoms with Gasteiger partial charge in [0.2, 0.25) is 5.91 Å². The van der Waals surface area contributed by atoms with Crippen LogP contribution in [0, 0.1) is 5.92 Å². The van der Waals surface area contributed by atoms with Crippen LogP contribution in [0.15, 0.2) is 47.5 Å². The average Bonchev–Trinajstić information content (AvgIpc) is 2.82.